The number of aliphatic hydroxyl groups is 1. The predicted octanol–water partition coefficient (Wildman–Crippen LogP) is 1.73. The number of carbonyl (C=O) groups is 1. The second-order valence-electron chi connectivity index (χ2n) is 5.62. The molecule has 2 amide bonds. The Morgan fingerprint density at radius 1 is 1.29 bits per heavy atom. The fourth-order valence-corrected chi connectivity index (χ4v) is 2.65. The van der Waals surface area contributed by atoms with E-state index in [9.17, 15) is 9.90 Å². The van der Waals surface area contributed by atoms with E-state index in [0.717, 1.165) is 37.9 Å². The number of amides is 2. The summed E-state index contributed by atoms with van der Waals surface area (Å²) in [7, 11) is 2.00. The number of carbonyl (C=O) groups excluding carboxylic acids is 1. The highest BCUT2D eigenvalue weighted by Crippen LogP contribution is 2.18. The first-order valence-corrected chi connectivity index (χ1v) is 7.65. The number of rotatable bonds is 5. The van der Waals surface area contributed by atoms with Gasteiger partial charge in [0.2, 0.25) is 0 Å². The fraction of sp³-hybridized carbons (Fsp3) is 0.562. The van der Waals surface area contributed by atoms with Crippen molar-refractivity contribution in [1.29, 1.82) is 0 Å². The first-order valence-electron chi connectivity index (χ1n) is 7.65. The molecule has 1 aliphatic rings. The topological polar surface area (TPSA) is 64.6 Å². The van der Waals surface area contributed by atoms with Crippen LogP contribution in [0.15, 0.2) is 30.3 Å². The van der Waals surface area contributed by atoms with Crippen LogP contribution in [0.2, 0.25) is 0 Å². The quantitative estimate of drug-likeness (QED) is 0.774. The van der Waals surface area contributed by atoms with Crippen molar-refractivity contribution in [3.05, 3.63) is 30.3 Å². The van der Waals surface area contributed by atoms with Crippen LogP contribution in [-0.2, 0) is 0 Å². The zero-order valence-electron chi connectivity index (χ0n) is 12.6. The minimum Gasteiger partial charge on any atom is -0.391 e. The average molecular weight is 291 g/mol. The number of nitrogens with one attached hydrogen (secondary N) is 2. The van der Waals surface area contributed by atoms with Crippen molar-refractivity contribution in [2.45, 2.75) is 37.8 Å². The standard InChI is InChI=1S/C16H25N3O2/c1-19(13-7-3-2-4-8-13)12-11-17-16(21)18-14-9-5-6-10-15(14)20/h2-4,7-8,14-15,20H,5-6,9-12H2,1H3,(H2,17,18,21). The van der Waals surface area contributed by atoms with E-state index in [4.69, 9.17) is 0 Å². The molecular weight excluding hydrogens is 266 g/mol. The van der Waals surface area contributed by atoms with Crippen LogP contribution in [-0.4, -0.2) is 43.4 Å². The zero-order valence-corrected chi connectivity index (χ0v) is 12.6. The Hall–Kier alpha value is -1.75. The van der Waals surface area contributed by atoms with E-state index >= 15 is 0 Å². The molecule has 5 nitrogen and oxygen atoms in total. The molecule has 2 rings (SSSR count). The summed E-state index contributed by atoms with van der Waals surface area (Å²) in [6, 6.07) is 9.76. The van der Waals surface area contributed by atoms with Gasteiger partial charge in [0.25, 0.3) is 0 Å². The first kappa shape index (κ1) is 15.6. The molecule has 0 bridgehead atoms. The van der Waals surface area contributed by atoms with Crippen molar-refractivity contribution in [1.82, 2.24) is 10.6 Å². The van der Waals surface area contributed by atoms with Gasteiger partial charge in [-0.1, -0.05) is 31.0 Å². The molecule has 0 spiro atoms. The number of hydrogen-bond acceptors (Lipinski definition) is 3. The summed E-state index contributed by atoms with van der Waals surface area (Å²) in [4.78, 5) is 13.9. The number of anilines is 1. The lowest BCUT2D eigenvalue weighted by molar-refractivity contribution is 0.0943. The predicted molar refractivity (Wildman–Crippen MR) is 84.5 cm³/mol. The molecule has 0 radical (unpaired) electrons. The Balaban J connectivity index is 1.67. The Labute approximate surface area is 126 Å². The van der Waals surface area contributed by atoms with Crippen molar-refractivity contribution in [3.63, 3.8) is 0 Å². The largest absolute Gasteiger partial charge is 0.391 e. The smallest absolute Gasteiger partial charge is 0.315 e. The van der Waals surface area contributed by atoms with E-state index in [-0.39, 0.29) is 12.1 Å². The third-order valence-electron chi connectivity index (χ3n) is 3.98. The molecule has 21 heavy (non-hydrogen) atoms. The summed E-state index contributed by atoms with van der Waals surface area (Å²) in [5.41, 5.74) is 1.13. The summed E-state index contributed by atoms with van der Waals surface area (Å²) in [6.45, 7) is 1.31. The monoisotopic (exact) mass is 291 g/mol. The number of benzene rings is 1. The van der Waals surface area contributed by atoms with Crippen LogP contribution in [0.4, 0.5) is 10.5 Å². The van der Waals surface area contributed by atoms with Crippen molar-refractivity contribution in [3.8, 4) is 0 Å². The van der Waals surface area contributed by atoms with E-state index in [0.29, 0.717) is 6.54 Å². The summed E-state index contributed by atoms with van der Waals surface area (Å²) in [5, 5.41) is 15.5. The highest BCUT2D eigenvalue weighted by atomic mass is 16.3. The van der Waals surface area contributed by atoms with Gasteiger partial charge in [-0.15, -0.1) is 0 Å². The zero-order chi connectivity index (χ0) is 15.1. The summed E-state index contributed by atoms with van der Waals surface area (Å²) < 4.78 is 0. The highest BCUT2D eigenvalue weighted by molar-refractivity contribution is 5.74. The maximum atomic E-state index is 11.8. The van der Waals surface area contributed by atoms with Gasteiger partial charge < -0.3 is 20.6 Å². The van der Waals surface area contributed by atoms with Crippen molar-refractivity contribution < 1.29 is 9.90 Å². The molecule has 0 heterocycles. The normalized spacial score (nSPS) is 21.6. The first-order chi connectivity index (χ1) is 10.2. The van der Waals surface area contributed by atoms with Crippen molar-refractivity contribution in [2.24, 2.45) is 0 Å². The molecule has 1 aliphatic carbocycles. The van der Waals surface area contributed by atoms with Gasteiger partial charge in [-0.3, -0.25) is 0 Å². The number of para-hydroxylation sites is 1. The van der Waals surface area contributed by atoms with Gasteiger partial charge in [0.05, 0.1) is 12.1 Å². The third kappa shape index (κ3) is 4.93. The van der Waals surface area contributed by atoms with Crippen LogP contribution in [0.1, 0.15) is 25.7 Å². The molecule has 0 aliphatic heterocycles. The number of likely N-dealkylation sites (N-methyl/N-ethyl adjacent to an activating group) is 1. The van der Waals surface area contributed by atoms with Crippen LogP contribution in [0.3, 0.4) is 0 Å². The molecule has 1 aromatic rings. The molecule has 5 heteroatoms. The van der Waals surface area contributed by atoms with Gasteiger partial charge in [0, 0.05) is 25.8 Å². The Kier molecular flexibility index (Phi) is 5.87. The van der Waals surface area contributed by atoms with Gasteiger partial charge in [0.1, 0.15) is 0 Å². The minimum atomic E-state index is -0.406. The number of hydrogen-bond donors (Lipinski definition) is 3. The molecular formula is C16H25N3O2. The van der Waals surface area contributed by atoms with E-state index in [2.05, 4.69) is 15.5 Å². The van der Waals surface area contributed by atoms with E-state index < -0.39 is 6.10 Å². The van der Waals surface area contributed by atoms with Gasteiger partial charge in [-0.05, 0) is 25.0 Å². The van der Waals surface area contributed by atoms with Crippen molar-refractivity contribution in [2.75, 3.05) is 25.0 Å². The van der Waals surface area contributed by atoms with E-state index in [1.165, 1.54) is 0 Å². The number of nitrogens with zero attached hydrogens (tertiary/aromatic N) is 1. The molecule has 1 aromatic carbocycles. The van der Waals surface area contributed by atoms with Crippen LogP contribution in [0.25, 0.3) is 0 Å². The van der Waals surface area contributed by atoms with Crippen molar-refractivity contribution >= 4 is 11.7 Å². The lowest BCUT2D eigenvalue weighted by atomic mass is 9.93. The van der Waals surface area contributed by atoms with Crippen LogP contribution < -0.4 is 15.5 Å². The second kappa shape index (κ2) is 7.88. The number of urea groups is 1. The van der Waals surface area contributed by atoms with Crippen LogP contribution in [0, 0.1) is 0 Å². The van der Waals surface area contributed by atoms with Gasteiger partial charge in [0.15, 0.2) is 0 Å². The molecule has 2 atom stereocenters. The Bertz CT molecular complexity index is 438. The van der Waals surface area contributed by atoms with Crippen LogP contribution >= 0.6 is 0 Å². The summed E-state index contributed by atoms with van der Waals surface area (Å²) in [6.07, 6.45) is 3.35. The third-order valence-corrected chi connectivity index (χ3v) is 3.98. The molecule has 116 valence electrons. The summed E-state index contributed by atoms with van der Waals surface area (Å²) >= 11 is 0. The highest BCUT2D eigenvalue weighted by Gasteiger charge is 2.24. The van der Waals surface area contributed by atoms with E-state index in [1.807, 2.05) is 37.4 Å². The van der Waals surface area contributed by atoms with E-state index in [1.54, 1.807) is 0 Å². The van der Waals surface area contributed by atoms with Gasteiger partial charge in [-0.2, -0.15) is 0 Å². The Morgan fingerprint density at radius 2 is 2.00 bits per heavy atom. The van der Waals surface area contributed by atoms with Crippen LogP contribution in [0.5, 0.6) is 0 Å². The maximum absolute atomic E-state index is 11.8. The molecule has 1 saturated carbocycles. The van der Waals surface area contributed by atoms with Gasteiger partial charge in [-0.25, -0.2) is 4.79 Å². The average Bonchev–Trinajstić information content (AvgIpc) is 2.50. The SMILES string of the molecule is CN(CCNC(=O)NC1CCCCC1O)c1ccccc1. The number of aliphatic hydroxyl groups excluding tert-OH is 1. The maximum Gasteiger partial charge on any atom is 0.315 e. The lowest BCUT2D eigenvalue weighted by Crippen LogP contribution is -2.49. The molecule has 2 unspecified atom stereocenters. The minimum absolute atomic E-state index is 0.106. The molecule has 0 saturated heterocycles. The Morgan fingerprint density at radius 3 is 2.71 bits per heavy atom. The molecule has 3 N–H and O–H groups in total. The summed E-state index contributed by atoms with van der Waals surface area (Å²) in [5.74, 6) is 0. The fourth-order valence-electron chi connectivity index (χ4n) is 2.65. The van der Waals surface area contributed by atoms with Gasteiger partial charge >= 0.3 is 6.03 Å². The second-order valence-corrected chi connectivity index (χ2v) is 5.62. The lowest BCUT2D eigenvalue weighted by Gasteiger charge is -2.28. The molecule has 1 fully saturated rings. The molecule has 0 aromatic heterocycles.